The smallest absolute Gasteiger partial charge is 0.409 e. The van der Waals surface area contributed by atoms with E-state index in [9.17, 15) is 9.59 Å². The molecule has 2 saturated heterocycles. The molecular formula is C17H24ClN5O3S. The molecule has 1 aromatic heterocycles. The fraction of sp³-hybridized carbons (Fsp3) is 0.647. The molecule has 0 aromatic carbocycles. The highest BCUT2D eigenvalue weighted by Gasteiger charge is 2.25. The van der Waals surface area contributed by atoms with Crippen LogP contribution in [0.4, 0.5) is 10.6 Å². The minimum Gasteiger partial charge on any atom is -0.450 e. The minimum absolute atomic E-state index is 0.00908. The molecule has 2 aliphatic heterocycles. The van der Waals surface area contributed by atoms with Crippen molar-refractivity contribution in [3.63, 3.8) is 0 Å². The summed E-state index contributed by atoms with van der Waals surface area (Å²) in [5.74, 6) is 1.08. The topological polar surface area (TPSA) is 78.9 Å². The number of thioether (sulfide) groups is 1. The molecule has 0 radical (unpaired) electrons. The van der Waals surface area contributed by atoms with Gasteiger partial charge in [-0.25, -0.2) is 14.8 Å². The first-order valence-corrected chi connectivity index (χ1v) is 10.5. The molecule has 10 heteroatoms. The molecular weight excluding hydrogens is 390 g/mol. The third-order valence-electron chi connectivity index (χ3n) is 4.57. The van der Waals surface area contributed by atoms with Crippen molar-refractivity contribution in [2.75, 3.05) is 56.5 Å². The van der Waals surface area contributed by atoms with Crippen molar-refractivity contribution >= 4 is 41.2 Å². The summed E-state index contributed by atoms with van der Waals surface area (Å²) in [6, 6.07) is 1.77. The summed E-state index contributed by atoms with van der Waals surface area (Å²) in [4.78, 5) is 38.5. The maximum absolute atomic E-state index is 12.5. The second-order valence-corrected chi connectivity index (χ2v) is 7.71. The van der Waals surface area contributed by atoms with E-state index in [4.69, 9.17) is 16.3 Å². The van der Waals surface area contributed by atoms with Crippen LogP contribution in [-0.2, 0) is 9.53 Å². The Hall–Kier alpha value is -1.74. The number of aromatic nitrogens is 2. The summed E-state index contributed by atoms with van der Waals surface area (Å²) in [6.07, 6.45) is 1.99. The third-order valence-corrected chi connectivity index (χ3v) is 5.60. The zero-order valence-electron chi connectivity index (χ0n) is 15.4. The highest BCUT2D eigenvalue weighted by atomic mass is 35.5. The Morgan fingerprint density at radius 1 is 1.11 bits per heavy atom. The molecule has 0 saturated carbocycles. The van der Waals surface area contributed by atoms with E-state index in [1.54, 1.807) is 22.8 Å². The van der Waals surface area contributed by atoms with E-state index in [1.165, 1.54) is 11.8 Å². The van der Waals surface area contributed by atoms with Crippen LogP contribution in [0.3, 0.4) is 0 Å². The molecule has 0 atom stereocenters. The van der Waals surface area contributed by atoms with Crippen LogP contribution < -0.4 is 4.90 Å². The zero-order chi connectivity index (χ0) is 19.2. The molecule has 2 aliphatic rings. The summed E-state index contributed by atoms with van der Waals surface area (Å²) in [6.45, 7) is 6.07. The predicted molar refractivity (Wildman–Crippen MR) is 104 cm³/mol. The van der Waals surface area contributed by atoms with Crippen LogP contribution in [0.2, 0.25) is 5.15 Å². The Kier molecular flexibility index (Phi) is 7.01. The fourth-order valence-electron chi connectivity index (χ4n) is 3.13. The molecule has 3 rings (SSSR count). The molecule has 0 N–H and O–H groups in total. The average Bonchev–Trinajstić information content (AvgIpc) is 3.21. The second-order valence-electron chi connectivity index (χ2n) is 6.38. The lowest BCUT2D eigenvalue weighted by atomic mass is 10.3. The Morgan fingerprint density at radius 2 is 1.78 bits per heavy atom. The van der Waals surface area contributed by atoms with Gasteiger partial charge >= 0.3 is 6.09 Å². The summed E-state index contributed by atoms with van der Waals surface area (Å²) in [5, 5.41) is 0.910. The molecule has 0 spiro atoms. The number of carbonyl (C=O) groups is 2. The second kappa shape index (κ2) is 9.45. The summed E-state index contributed by atoms with van der Waals surface area (Å²) in [7, 11) is 0. The molecule has 0 bridgehead atoms. The van der Waals surface area contributed by atoms with E-state index in [2.05, 4.69) is 14.9 Å². The van der Waals surface area contributed by atoms with Crippen molar-refractivity contribution < 1.29 is 14.3 Å². The van der Waals surface area contributed by atoms with Gasteiger partial charge in [-0.15, -0.1) is 0 Å². The summed E-state index contributed by atoms with van der Waals surface area (Å²) < 4.78 is 4.99. The first-order valence-electron chi connectivity index (χ1n) is 9.18. The Morgan fingerprint density at radius 3 is 2.44 bits per heavy atom. The zero-order valence-corrected chi connectivity index (χ0v) is 17.0. The number of rotatable bonds is 5. The van der Waals surface area contributed by atoms with E-state index in [1.807, 2.05) is 0 Å². The molecule has 148 valence electrons. The first kappa shape index (κ1) is 20.0. The Balaban J connectivity index is 1.50. The lowest BCUT2D eigenvalue weighted by Gasteiger charge is -2.34. The van der Waals surface area contributed by atoms with Crippen molar-refractivity contribution in [2.45, 2.75) is 24.9 Å². The maximum atomic E-state index is 12.5. The van der Waals surface area contributed by atoms with Crippen molar-refractivity contribution in [2.24, 2.45) is 0 Å². The fourth-order valence-corrected chi connectivity index (χ4v) is 4.11. The molecule has 8 nitrogen and oxygen atoms in total. The molecule has 0 aliphatic carbocycles. The monoisotopic (exact) mass is 413 g/mol. The quantitative estimate of drug-likeness (QED) is 0.415. The maximum Gasteiger partial charge on any atom is 0.409 e. The Bertz CT molecular complexity index is 679. The van der Waals surface area contributed by atoms with Crippen LogP contribution in [0.1, 0.15) is 19.8 Å². The SMILES string of the molecule is CCOC(=O)N1CCN(C(=O)CSc2nc(Cl)cc(N3CCCC3)n2)CC1. The standard InChI is InChI=1S/C17H24ClN5O3S/c1-2-26-17(25)23-9-7-22(8-10-23)15(24)12-27-16-19-13(18)11-14(20-16)21-5-3-4-6-21/h11H,2-10,12H2,1H3. The molecule has 0 unspecified atom stereocenters. The van der Waals surface area contributed by atoms with E-state index in [-0.39, 0.29) is 17.8 Å². The summed E-state index contributed by atoms with van der Waals surface area (Å²) in [5.41, 5.74) is 0. The van der Waals surface area contributed by atoms with Crippen LogP contribution in [0, 0.1) is 0 Å². The van der Waals surface area contributed by atoms with E-state index in [0.29, 0.717) is 43.1 Å². The lowest BCUT2D eigenvalue weighted by Crippen LogP contribution is -2.51. The molecule has 2 amide bonds. The van der Waals surface area contributed by atoms with Crippen LogP contribution in [0.5, 0.6) is 0 Å². The number of nitrogens with zero attached hydrogens (tertiary/aromatic N) is 5. The molecule has 1 aromatic rings. The molecule has 2 fully saturated rings. The van der Waals surface area contributed by atoms with Gasteiger partial charge in [-0.2, -0.15) is 0 Å². The van der Waals surface area contributed by atoms with Gasteiger partial charge in [0.2, 0.25) is 5.91 Å². The van der Waals surface area contributed by atoms with Gasteiger partial charge in [-0.05, 0) is 19.8 Å². The van der Waals surface area contributed by atoms with Gasteiger partial charge in [0.05, 0.1) is 12.4 Å². The van der Waals surface area contributed by atoms with Gasteiger partial charge in [-0.3, -0.25) is 4.79 Å². The van der Waals surface area contributed by atoms with Gasteiger partial charge in [0, 0.05) is 45.3 Å². The minimum atomic E-state index is -0.319. The van der Waals surface area contributed by atoms with E-state index < -0.39 is 0 Å². The number of amides is 2. The largest absolute Gasteiger partial charge is 0.450 e. The van der Waals surface area contributed by atoms with Gasteiger partial charge in [0.25, 0.3) is 0 Å². The van der Waals surface area contributed by atoms with Crippen LogP contribution >= 0.6 is 23.4 Å². The van der Waals surface area contributed by atoms with Gasteiger partial charge in [-0.1, -0.05) is 23.4 Å². The number of piperazine rings is 1. The van der Waals surface area contributed by atoms with Crippen molar-refractivity contribution in [3.05, 3.63) is 11.2 Å². The average molecular weight is 414 g/mol. The van der Waals surface area contributed by atoms with E-state index in [0.717, 1.165) is 31.7 Å². The highest BCUT2D eigenvalue weighted by molar-refractivity contribution is 7.99. The number of hydrogen-bond acceptors (Lipinski definition) is 7. The molecule has 3 heterocycles. The van der Waals surface area contributed by atoms with Crippen LogP contribution in [0.25, 0.3) is 0 Å². The van der Waals surface area contributed by atoms with Crippen molar-refractivity contribution in [3.8, 4) is 0 Å². The Labute approximate surface area is 168 Å². The van der Waals surface area contributed by atoms with Gasteiger partial charge < -0.3 is 19.4 Å². The normalized spacial score (nSPS) is 17.3. The van der Waals surface area contributed by atoms with Crippen molar-refractivity contribution in [1.29, 1.82) is 0 Å². The third kappa shape index (κ3) is 5.38. The van der Waals surface area contributed by atoms with Crippen LogP contribution in [0.15, 0.2) is 11.2 Å². The first-order chi connectivity index (χ1) is 13.1. The number of anilines is 1. The summed E-state index contributed by atoms with van der Waals surface area (Å²) >= 11 is 7.42. The van der Waals surface area contributed by atoms with Crippen LogP contribution in [-0.4, -0.2) is 83.4 Å². The van der Waals surface area contributed by atoms with E-state index >= 15 is 0 Å². The predicted octanol–water partition coefficient (Wildman–Crippen LogP) is 2.12. The molecule has 27 heavy (non-hydrogen) atoms. The number of hydrogen-bond donors (Lipinski definition) is 0. The number of carbonyl (C=O) groups excluding carboxylic acids is 2. The van der Waals surface area contributed by atoms with Gasteiger partial charge in [0.15, 0.2) is 5.16 Å². The van der Waals surface area contributed by atoms with Gasteiger partial charge in [0.1, 0.15) is 11.0 Å². The number of halogens is 1. The number of ether oxygens (including phenoxy) is 1. The lowest BCUT2D eigenvalue weighted by molar-refractivity contribution is -0.129. The van der Waals surface area contributed by atoms with Crippen molar-refractivity contribution in [1.82, 2.24) is 19.8 Å². The highest BCUT2D eigenvalue weighted by Crippen LogP contribution is 2.24.